The summed E-state index contributed by atoms with van der Waals surface area (Å²) in [5, 5.41) is -0.178. The van der Waals surface area contributed by atoms with E-state index in [0.29, 0.717) is 11.3 Å². The van der Waals surface area contributed by atoms with E-state index >= 15 is 0 Å². The molecule has 5 aromatic rings. The van der Waals surface area contributed by atoms with Crippen molar-refractivity contribution in [2.24, 2.45) is 0 Å². The van der Waals surface area contributed by atoms with Gasteiger partial charge in [0, 0.05) is 12.1 Å². The molecule has 9 heteroatoms. The van der Waals surface area contributed by atoms with Gasteiger partial charge in [0.05, 0.1) is 12.5 Å². The minimum atomic E-state index is -5.04. The summed E-state index contributed by atoms with van der Waals surface area (Å²) >= 11 is 0. The molecule has 0 atom stereocenters. The molecule has 5 rings (SSSR count). The van der Waals surface area contributed by atoms with E-state index in [1.165, 1.54) is 37.5 Å². The Morgan fingerprint density at radius 1 is 0.805 bits per heavy atom. The fraction of sp³-hybridized carbons (Fsp3) is 0.0625. The lowest BCUT2D eigenvalue weighted by Gasteiger charge is -2.14. The molecule has 0 radical (unpaired) electrons. The second kappa shape index (κ2) is 11.4. The van der Waals surface area contributed by atoms with E-state index in [1.54, 1.807) is 36.4 Å². The Morgan fingerprint density at radius 2 is 1.44 bits per heavy atom. The molecule has 41 heavy (non-hydrogen) atoms. The molecular formula is C32H21F3O6. The lowest BCUT2D eigenvalue weighted by atomic mass is 10.1. The number of carbonyl (C=O) groups is 1. The Balaban J connectivity index is 1.40. The van der Waals surface area contributed by atoms with Crippen LogP contribution in [0.5, 0.6) is 23.0 Å². The highest BCUT2D eigenvalue weighted by atomic mass is 19.4. The van der Waals surface area contributed by atoms with Crippen molar-refractivity contribution in [1.82, 2.24) is 0 Å². The molecule has 0 spiro atoms. The Hall–Kier alpha value is -5.31. The molecule has 206 valence electrons. The largest absolute Gasteiger partial charge is 0.497 e. The fourth-order valence-corrected chi connectivity index (χ4v) is 3.99. The van der Waals surface area contributed by atoms with Gasteiger partial charge in [0.15, 0.2) is 0 Å². The summed E-state index contributed by atoms with van der Waals surface area (Å²) in [6.07, 6.45) is -2.38. The van der Waals surface area contributed by atoms with E-state index in [2.05, 4.69) is 0 Å². The molecule has 0 aliphatic carbocycles. The van der Waals surface area contributed by atoms with Crippen LogP contribution >= 0.6 is 0 Å². The van der Waals surface area contributed by atoms with Crippen molar-refractivity contribution in [1.29, 1.82) is 0 Å². The predicted octanol–water partition coefficient (Wildman–Crippen LogP) is 7.90. The number of benzene rings is 4. The second-order valence-corrected chi connectivity index (χ2v) is 8.77. The van der Waals surface area contributed by atoms with E-state index < -0.39 is 34.7 Å². The zero-order valence-electron chi connectivity index (χ0n) is 21.5. The summed E-state index contributed by atoms with van der Waals surface area (Å²) < 4.78 is 62.7. The van der Waals surface area contributed by atoms with Gasteiger partial charge in [-0.25, -0.2) is 4.79 Å². The quantitative estimate of drug-likeness (QED) is 0.115. The molecule has 6 nitrogen and oxygen atoms in total. The van der Waals surface area contributed by atoms with E-state index in [1.807, 2.05) is 30.3 Å². The number of esters is 1. The zero-order valence-corrected chi connectivity index (χ0v) is 21.5. The summed E-state index contributed by atoms with van der Waals surface area (Å²) in [5.41, 5.74) is 0.985. The first-order valence-corrected chi connectivity index (χ1v) is 12.3. The molecule has 0 bridgehead atoms. The molecule has 0 aliphatic rings. The van der Waals surface area contributed by atoms with Gasteiger partial charge in [-0.05, 0) is 59.2 Å². The standard InChI is InChI=1S/C32H21F3O6/c1-38-23-12-7-20(8-13-23)9-18-28(36)39-25-16-17-26-27(19-25)41-31(32(33,34)35)30(29(26)37)40-24-14-10-22(11-15-24)21-5-3-2-4-6-21/h2-19H,1H3. The number of hydrogen-bond donors (Lipinski definition) is 0. The minimum Gasteiger partial charge on any atom is -0.497 e. The Kier molecular flexibility index (Phi) is 7.60. The van der Waals surface area contributed by atoms with Crippen LogP contribution in [0.25, 0.3) is 28.2 Å². The number of ether oxygens (including phenoxy) is 3. The van der Waals surface area contributed by atoms with Gasteiger partial charge in [0.25, 0.3) is 5.76 Å². The van der Waals surface area contributed by atoms with Crippen molar-refractivity contribution in [3.05, 3.63) is 125 Å². The zero-order chi connectivity index (χ0) is 29.0. The molecular weight excluding hydrogens is 537 g/mol. The number of carbonyl (C=O) groups excluding carboxylic acids is 1. The average Bonchev–Trinajstić information content (AvgIpc) is 2.98. The highest BCUT2D eigenvalue weighted by Gasteiger charge is 2.40. The van der Waals surface area contributed by atoms with Crippen molar-refractivity contribution >= 4 is 23.0 Å². The van der Waals surface area contributed by atoms with E-state index in [9.17, 15) is 22.8 Å². The normalized spacial score (nSPS) is 11.5. The van der Waals surface area contributed by atoms with Crippen LogP contribution in [-0.2, 0) is 11.0 Å². The molecule has 0 saturated carbocycles. The number of rotatable bonds is 7. The Labute approximate surface area is 231 Å². The third kappa shape index (κ3) is 6.30. The van der Waals surface area contributed by atoms with Gasteiger partial charge in [0.1, 0.15) is 22.8 Å². The van der Waals surface area contributed by atoms with Gasteiger partial charge >= 0.3 is 12.1 Å². The second-order valence-electron chi connectivity index (χ2n) is 8.77. The van der Waals surface area contributed by atoms with Crippen LogP contribution in [0.3, 0.4) is 0 Å². The maximum absolute atomic E-state index is 13.9. The summed E-state index contributed by atoms with van der Waals surface area (Å²) in [5.74, 6) is -2.82. The Morgan fingerprint density at radius 3 is 2.10 bits per heavy atom. The van der Waals surface area contributed by atoms with Crippen LogP contribution in [0.1, 0.15) is 11.3 Å². The summed E-state index contributed by atoms with van der Waals surface area (Å²) in [6.45, 7) is 0. The van der Waals surface area contributed by atoms with Gasteiger partial charge in [-0.2, -0.15) is 13.2 Å². The molecule has 0 aliphatic heterocycles. The van der Waals surface area contributed by atoms with Gasteiger partial charge < -0.3 is 18.6 Å². The smallest absolute Gasteiger partial charge is 0.453 e. The van der Waals surface area contributed by atoms with Crippen molar-refractivity contribution in [3.8, 4) is 34.1 Å². The number of fused-ring (bicyclic) bond motifs is 1. The molecule has 0 saturated heterocycles. The SMILES string of the molecule is COc1ccc(C=CC(=O)Oc2ccc3c(=O)c(Oc4ccc(-c5ccccc5)cc4)c(C(F)(F)F)oc3c2)cc1. The number of hydrogen-bond acceptors (Lipinski definition) is 6. The van der Waals surface area contributed by atoms with Crippen LogP contribution < -0.4 is 19.6 Å². The molecule has 1 heterocycles. The van der Waals surface area contributed by atoms with Gasteiger partial charge in [-0.3, -0.25) is 4.79 Å². The molecule has 0 N–H and O–H groups in total. The summed E-state index contributed by atoms with van der Waals surface area (Å²) in [4.78, 5) is 25.4. The van der Waals surface area contributed by atoms with Crippen molar-refractivity contribution < 1.29 is 36.6 Å². The average molecular weight is 559 g/mol. The van der Waals surface area contributed by atoms with E-state index in [4.69, 9.17) is 18.6 Å². The highest BCUT2D eigenvalue weighted by Crippen LogP contribution is 2.39. The lowest BCUT2D eigenvalue weighted by molar-refractivity contribution is -0.154. The maximum atomic E-state index is 13.9. The number of methoxy groups -OCH3 is 1. The lowest BCUT2D eigenvalue weighted by Crippen LogP contribution is -2.15. The fourth-order valence-electron chi connectivity index (χ4n) is 3.99. The van der Waals surface area contributed by atoms with Crippen LogP contribution in [0.2, 0.25) is 0 Å². The summed E-state index contributed by atoms with van der Waals surface area (Å²) in [7, 11) is 1.53. The highest BCUT2D eigenvalue weighted by molar-refractivity contribution is 5.89. The molecule has 0 fully saturated rings. The predicted molar refractivity (Wildman–Crippen MR) is 147 cm³/mol. The van der Waals surface area contributed by atoms with Gasteiger partial charge in [0.2, 0.25) is 11.2 Å². The monoisotopic (exact) mass is 558 g/mol. The van der Waals surface area contributed by atoms with E-state index in [-0.39, 0.29) is 16.9 Å². The third-order valence-electron chi connectivity index (χ3n) is 6.01. The van der Waals surface area contributed by atoms with Crippen molar-refractivity contribution in [2.75, 3.05) is 7.11 Å². The van der Waals surface area contributed by atoms with Gasteiger partial charge in [-0.15, -0.1) is 0 Å². The van der Waals surface area contributed by atoms with Crippen molar-refractivity contribution in [3.63, 3.8) is 0 Å². The van der Waals surface area contributed by atoms with Crippen LogP contribution in [0, 0.1) is 0 Å². The molecule has 1 aromatic heterocycles. The molecule has 0 amide bonds. The number of alkyl halides is 3. The van der Waals surface area contributed by atoms with Crippen LogP contribution in [-0.4, -0.2) is 13.1 Å². The maximum Gasteiger partial charge on any atom is 0.453 e. The first kappa shape index (κ1) is 27.3. The van der Waals surface area contributed by atoms with Gasteiger partial charge in [-0.1, -0.05) is 54.6 Å². The first-order chi connectivity index (χ1) is 19.7. The molecule has 0 unspecified atom stereocenters. The van der Waals surface area contributed by atoms with Crippen LogP contribution in [0.4, 0.5) is 13.2 Å². The van der Waals surface area contributed by atoms with E-state index in [0.717, 1.165) is 23.3 Å². The number of halogens is 3. The van der Waals surface area contributed by atoms with Crippen molar-refractivity contribution in [2.45, 2.75) is 6.18 Å². The molecule has 4 aromatic carbocycles. The van der Waals surface area contributed by atoms with Crippen LogP contribution in [0.15, 0.2) is 112 Å². The Bertz CT molecular complexity index is 1770. The first-order valence-electron chi connectivity index (χ1n) is 12.3. The topological polar surface area (TPSA) is 75.0 Å². The summed E-state index contributed by atoms with van der Waals surface area (Å²) in [6, 6.07) is 26.1. The minimum absolute atomic E-state index is 0.0241. The third-order valence-corrected chi connectivity index (χ3v) is 6.01.